The summed E-state index contributed by atoms with van der Waals surface area (Å²) < 4.78 is 37.4. The summed E-state index contributed by atoms with van der Waals surface area (Å²) in [4.78, 5) is 0. The highest BCUT2D eigenvalue weighted by Crippen LogP contribution is 2.50. The molecule has 0 N–H and O–H groups in total. The van der Waals surface area contributed by atoms with Crippen LogP contribution < -0.4 is 0 Å². The second-order valence-electron chi connectivity index (χ2n) is 12.1. The van der Waals surface area contributed by atoms with Crippen LogP contribution in [0.15, 0.2) is 72.8 Å². The molecular formula is C37H54O6. The van der Waals surface area contributed by atoms with E-state index in [2.05, 4.69) is 66.7 Å². The molecule has 0 saturated heterocycles. The van der Waals surface area contributed by atoms with Gasteiger partial charge in [0.15, 0.2) is 0 Å². The molecule has 0 aliphatic rings. The van der Waals surface area contributed by atoms with E-state index in [1.54, 1.807) is 21.3 Å². The minimum Gasteiger partial charge on any atom is -0.330 e. The molecule has 238 valence electrons. The van der Waals surface area contributed by atoms with Gasteiger partial charge in [0.1, 0.15) is 5.41 Å². The summed E-state index contributed by atoms with van der Waals surface area (Å²) in [5, 5.41) is 2.31. The molecule has 3 aromatic carbocycles. The Morgan fingerprint density at radius 2 is 1.02 bits per heavy atom. The molecule has 0 aliphatic heterocycles. The van der Waals surface area contributed by atoms with Crippen LogP contribution in [0, 0.1) is 0 Å². The lowest BCUT2D eigenvalue weighted by atomic mass is 9.67. The van der Waals surface area contributed by atoms with E-state index in [9.17, 15) is 0 Å². The van der Waals surface area contributed by atoms with E-state index in [1.165, 1.54) is 0 Å². The van der Waals surface area contributed by atoms with E-state index in [-0.39, 0.29) is 18.3 Å². The minimum absolute atomic E-state index is 0.0186. The smallest absolute Gasteiger partial charge is 0.296 e. The average Bonchev–Trinajstić information content (AvgIpc) is 2.98. The molecule has 0 radical (unpaired) electrons. The molecule has 6 heteroatoms. The van der Waals surface area contributed by atoms with Gasteiger partial charge in [0.25, 0.3) is 11.9 Å². The molecule has 3 rings (SSSR count). The highest BCUT2D eigenvalue weighted by molar-refractivity contribution is 5.87. The first-order valence-electron chi connectivity index (χ1n) is 15.8. The Bertz CT molecular complexity index is 1180. The van der Waals surface area contributed by atoms with Crippen LogP contribution in [0.3, 0.4) is 0 Å². The van der Waals surface area contributed by atoms with Crippen LogP contribution in [0.25, 0.3) is 10.8 Å². The third-order valence-corrected chi connectivity index (χ3v) is 7.88. The molecule has 0 saturated carbocycles. The van der Waals surface area contributed by atoms with Crippen LogP contribution in [0.2, 0.25) is 0 Å². The summed E-state index contributed by atoms with van der Waals surface area (Å²) in [6.45, 7) is 12.1. The van der Waals surface area contributed by atoms with Crippen molar-refractivity contribution < 1.29 is 28.4 Å². The van der Waals surface area contributed by atoms with Crippen molar-refractivity contribution in [2.24, 2.45) is 0 Å². The van der Waals surface area contributed by atoms with E-state index in [1.807, 2.05) is 47.6 Å². The van der Waals surface area contributed by atoms with E-state index in [0.29, 0.717) is 6.42 Å². The van der Waals surface area contributed by atoms with Crippen molar-refractivity contribution in [1.82, 2.24) is 0 Å². The lowest BCUT2D eigenvalue weighted by Gasteiger charge is -2.48. The SMILES string of the molecule is COC(OC)(OC)C(CCCCCCC(OC(C)C)(OC(C)C)OC(C)C)(c1ccccc1)c1cccc2ccccc12. The molecule has 6 nitrogen and oxygen atoms in total. The predicted molar refractivity (Wildman–Crippen MR) is 174 cm³/mol. The quantitative estimate of drug-likeness (QED) is 0.102. The number of hydrogen-bond donors (Lipinski definition) is 0. The van der Waals surface area contributed by atoms with Crippen molar-refractivity contribution in [2.45, 2.75) is 116 Å². The Hall–Kier alpha value is -2.32. The fourth-order valence-electron chi connectivity index (χ4n) is 6.44. The van der Waals surface area contributed by atoms with E-state index in [0.717, 1.165) is 54.0 Å². The van der Waals surface area contributed by atoms with Crippen molar-refractivity contribution in [3.05, 3.63) is 83.9 Å². The Morgan fingerprint density at radius 3 is 1.56 bits per heavy atom. The molecule has 0 aromatic heterocycles. The normalized spacial score (nSPS) is 14.2. The fraction of sp³-hybridized carbons (Fsp3) is 0.568. The van der Waals surface area contributed by atoms with Crippen molar-refractivity contribution in [1.29, 1.82) is 0 Å². The first kappa shape index (κ1) is 35.2. The molecular weight excluding hydrogens is 540 g/mol. The van der Waals surface area contributed by atoms with Crippen molar-refractivity contribution in [3.63, 3.8) is 0 Å². The standard InChI is InChI=1S/C37H54O6/c1-28(2)41-36(42-29(3)4,43-30(5)6)27-18-11-10-17-26-35(32-22-13-12-14-23-32,37(38-7,39-8)40-9)34-25-19-21-31-20-15-16-24-33(31)34/h12-16,19-25,28-30H,10-11,17-18,26-27H2,1-9H3. The van der Waals surface area contributed by atoms with Gasteiger partial charge in [0.05, 0.1) is 18.3 Å². The summed E-state index contributed by atoms with van der Waals surface area (Å²) in [6, 6.07) is 25.4. The number of methoxy groups -OCH3 is 3. The fourth-order valence-corrected chi connectivity index (χ4v) is 6.44. The van der Waals surface area contributed by atoms with Crippen molar-refractivity contribution in [3.8, 4) is 0 Å². The van der Waals surface area contributed by atoms with Crippen LogP contribution in [0.5, 0.6) is 0 Å². The van der Waals surface area contributed by atoms with Gasteiger partial charge in [-0.3, -0.25) is 0 Å². The van der Waals surface area contributed by atoms with E-state index < -0.39 is 17.4 Å². The number of fused-ring (bicyclic) bond motifs is 1. The van der Waals surface area contributed by atoms with Crippen LogP contribution >= 0.6 is 0 Å². The maximum absolute atomic E-state index is 6.27. The molecule has 0 fully saturated rings. The van der Waals surface area contributed by atoms with Gasteiger partial charge in [0.2, 0.25) is 0 Å². The first-order valence-corrected chi connectivity index (χ1v) is 15.8. The highest BCUT2D eigenvalue weighted by Gasteiger charge is 2.56. The maximum atomic E-state index is 6.27. The zero-order chi connectivity index (χ0) is 31.5. The van der Waals surface area contributed by atoms with Gasteiger partial charge in [-0.05, 0) is 76.3 Å². The van der Waals surface area contributed by atoms with E-state index in [4.69, 9.17) is 28.4 Å². The van der Waals surface area contributed by atoms with Crippen molar-refractivity contribution in [2.75, 3.05) is 21.3 Å². The minimum atomic E-state index is -1.35. The van der Waals surface area contributed by atoms with Gasteiger partial charge in [-0.1, -0.05) is 92.1 Å². The molecule has 0 heterocycles. The summed E-state index contributed by atoms with van der Waals surface area (Å²) in [5.74, 6) is -2.40. The van der Waals surface area contributed by atoms with Gasteiger partial charge < -0.3 is 28.4 Å². The topological polar surface area (TPSA) is 55.4 Å². The van der Waals surface area contributed by atoms with Crippen molar-refractivity contribution >= 4 is 10.8 Å². The predicted octanol–water partition coefficient (Wildman–Crippen LogP) is 8.99. The first-order chi connectivity index (χ1) is 20.6. The van der Waals surface area contributed by atoms with Crippen LogP contribution in [-0.4, -0.2) is 51.6 Å². The molecule has 3 aromatic rings. The van der Waals surface area contributed by atoms with Crippen LogP contribution in [0.4, 0.5) is 0 Å². The van der Waals surface area contributed by atoms with Gasteiger partial charge in [0, 0.05) is 27.8 Å². The Labute approximate surface area is 260 Å². The second kappa shape index (κ2) is 16.1. The summed E-state index contributed by atoms with van der Waals surface area (Å²) >= 11 is 0. The van der Waals surface area contributed by atoms with Gasteiger partial charge >= 0.3 is 0 Å². The lowest BCUT2D eigenvalue weighted by Crippen LogP contribution is -2.56. The van der Waals surface area contributed by atoms with Gasteiger partial charge in [-0.25, -0.2) is 0 Å². The Morgan fingerprint density at radius 1 is 0.535 bits per heavy atom. The van der Waals surface area contributed by atoms with Crippen LogP contribution in [-0.2, 0) is 33.8 Å². The maximum Gasteiger partial charge on any atom is 0.296 e. The molecule has 0 aliphatic carbocycles. The largest absolute Gasteiger partial charge is 0.330 e. The lowest BCUT2D eigenvalue weighted by molar-refractivity contribution is -0.412. The molecule has 0 spiro atoms. The zero-order valence-electron chi connectivity index (χ0n) is 27.9. The Balaban J connectivity index is 1.94. The highest BCUT2D eigenvalue weighted by atomic mass is 16.9. The van der Waals surface area contributed by atoms with Crippen LogP contribution in [0.1, 0.15) is 91.2 Å². The molecule has 1 atom stereocenters. The Kier molecular flexibility index (Phi) is 13.2. The number of rotatable bonds is 19. The van der Waals surface area contributed by atoms with E-state index >= 15 is 0 Å². The summed E-state index contributed by atoms with van der Waals surface area (Å²) in [7, 11) is 4.98. The average molecular weight is 595 g/mol. The third kappa shape index (κ3) is 8.24. The molecule has 0 bridgehead atoms. The molecule has 43 heavy (non-hydrogen) atoms. The number of benzene rings is 3. The zero-order valence-corrected chi connectivity index (χ0v) is 27.9. The monoisotopic (exact) mass is 594 g/mol. The number of hydrogen-bond acceptors (Lipinski definition) is 6. The summed E-state index contributed by atoms with van der Waals surface area (Å²) in [6.07, 6.45) is 5.17. The second-order valence-corrected chi connectivity index (χ2v) is 12.1. The summed E-state index contributed by atoms with van der Waals surface area (Å²) in [5.41, 5.74) is 1.44. The van der Waals surface area contributed by atoms with Gasteiger partial charge in [-0.2, -0.15) is 0 Å². The number of ether oxygens (including phenoxy) is 6. The third-order valence-electron chi connectivity index (χ3n) is 7.88. The number of unbranched alkanes of at least 4 members (excludes halogenated alkanes) is 3. The molecule has 0 amide bonds. The molecule has 1 unspecified atom stereocenters. The van der Waals surface area contributed by atoms with Gasteiger partial charge in [-0.15, -0.1) is 0 Å².